The Morgan fingerprint density at radius 1 is 1.00 bits per heavy atom. The first-order valence-electron chi connectivity index (χ1n) is 9.55. The van der Waals surface area contributed by atoms with Crippen LogP contribution in [0, 0.1) is 13.8 Å². The number of hydrogen-bond donors (Lipinski definition) is 1. The molecule has 0 aliphatic carbocycles. The number of rotatable bonds is 3. The van der Waals surface area contributed by atoms with Crippen molar-refractivity contribution >= 4 is 5.69 Å². The Bertz CT molecular complexity index is 783. The van der Waals surface area contributed by atoms with Gasteiger partial charge in [0.25, 0.3) is 0 Å². The van der Waals surface area contributed by atoms with Crippen LogP contribution in [0.2, 0.25) is 0 Å². The Morgan fingerprint density at radius 2 is 1.77 bits per heavy atom. The number of aryl methyl sites for hydroxylation is 1. The van der Waals surface area contributed by atoms with Gasteiger partial charge in [-0.05, 0) is 37.1 Å². The molecule has 0 saturated carbocycles. The van der Waals surface area contributed by atoms with Gasteiger partial charge in [0.05, 0.1) is 6.61 Å². The average molecular weight is 352 g/mol. The highest BCUT2D eigenvalue weighted by atomic mass is 16.5. The van der Waals surface area contributed by atoms with Crippen LogP contribution in [0.4, 0.5) is 5.69 Å². The summed E-state index contributed by atoms with van der Waals surface area (Å²) in [5.74, 6) is 0.829. The van der Waals surface area contributed by atoms with Crippen LogP contribution < -0.4 is 9.64 Å². The van der Waals surface area contributed by atoms with E-state index < -0.39 is 5.60 Å². The van der Waals surface area contributed by atoms with Gasteiger partial charge in [-0.1, -0.05) is 30.3 Å². The molecule has 4 nitrogen and oxygen atoms in total. The van der Waals surface area contributed by atoms with E-state index in [-0.39, 0.29) is 0 Å². The summed E-state index contributed by atoms with van der Waals surface area (Å²) in [6.07, 6.45) is 0.654. The molecule has 0 spiro atoms. The summed E-state index contributed by atoms with van der Waals surface area (Å²) in [6.45, 7) is 9.57. The number of ether oxygens (including phenoxy) is 1. The monoisotopic (exact) mass is 352 g/mol. The molecular formula is C22H28N2O2. The van der Waals surface area contributed by atoms with E-state index in [1.807, 2.05) is 24.3 Å². The summed E-state index contributed by atoms with van der Waals surface area (Å²) in [4.78, 5) is 4.87. The lowest BCUT2D eigenvalue weighted by Crippen LogP contribution is -2.52. The first kappa shape index (κ1) is 17.4. The van der Waals surface area contributed by atoms with E-state index in [4.69, 9.17) is 4.74 Å². The number of benzene rings is 2. The molecule has 2 heterocycles. The van der Waals surface area contributed by atoms with E-state index in [2.05, 4.69) is 41.8 Å². The first-order valence-corrected chi connectivity index (χ1v) is 9.55. The zero-order valence-corrected chi connectivity index (χ0v) is 15.7. The van der Waals surface area contributed by atoms with Crippen LogP contribution in [0.5, 0.6) is 5.75 Å². The minimum Gasteiger partial charge on any atom is -0.493 e. The van der Waals surface area contributed by atoms with Crippen molar-refractivity contribution in [3.8, 4) is 5.75 Å². The van der Waals surface area contributed by atoms with E-state index in [0.29, 0.717) is 19.6 Å². The Balaban J connectivity index is 1.44. The Kier molecular flexibility index (Phi) is 4.63. The molecule has 2 aromatic rings. The number of hydrogen-bond acceptors (Lipinski definition) is 4. The molecule has 4 heteroatoms. The molecule has 2 aliphatic rings. The van der Waals surface area contributed by atoms with Gasteiger partial charge in [-0.25, -0.2) is 0 Å². The molecule has 2 aliphatic heterocycles. The van der Waals surface area contributed by atoms with Crippen LogP contribution in [0.15, 0.2) is 42.5 Å². The summed E-state index contributed by atoms with van der Waals surface area (Å²) in [5, 5.41) is 11.3. The highest BCUT2D eigenvalue weighted by molar-refractivity contribution is 5.56. The van der Waals surface area contributed by atoms with Gasteiger partial charge >= 0.3 is 0 Å². The van der Waals surface area contributed by atoms with Gasteiger partial charge in [0.1, 0.15) is 11.4 Å². The van der Waals surface area contributed by atoms with E-state index in [1.54, 1.807) is 0 Å². The van der Waals surface area contributed by atoms with Crippen molar-refractivity contribution in [2.24, 2.45) is 0 Å². The van der Waals surface area contributed by atoms with Gasteiger partial charge in [-0.3, -0.25) is 4.90 Å². The van der Waals surface area contributed by atoms with Crippen molar-refractivity contribution < 1.29 is 9.84 Å². The van der Waals surface area contributed by atoms with E-state index in [0.717, 1.165) is 37.5 Å². The maximum absolute atomic E-state index is 11.3. The number of β-amino-alcohol motifs (C(OH)–C–C–N with tert-alkyl or cyclic N) is 1. The van der Waals surface area contributed by atoms with E-state index >= 15 is 0 Å². The topological polar surface area (TPSA) is 35.9 Å². The zero-order valence-electron chi connectivity index (χ0n) is 15.7. The Labute approximate surface area is 156 Å². The SMILES string of the molecule is Cc1cccc(N2CCN(CC3(O)CCOc4ccccc43)CC2)c1C. The van der Waals surface area contributed by atoms with Crippen LogP contribution in [0.1, 0.15) is 23.1 Å². The standard InChI is InChI=1S/C22H28N2O2/c1-17-6-5-8-20(18(17)2)24-13-11-23(12-14-24)16-22(25)10-15-26-21-9-4-3-7-19(21)22/h3-9,25H,10-16H2,1-2H3. The number of fused-ring (bicyclic) bond motifs is 1. The highest BCUT2D eigenvalue weighted by Crippen LogP contribution is 2.37. The van der Waals surface area contributed by atoms with Gasteiger partial charge < -0.3 is 14.7 Å². The predicted molar refractivity (Wildman–Crippen MR) is 105 cm³/mol. The summed E-state index contributed by atoms with van der Waals surface area (Å²) in [6, 6.07) is 14.4. The highest BCUT2D eigenvalue weighted by Gasteiger charge is 2.37. The molecule has 1 unspecified atom stereocenters. The second-order valence-electron chi connectivity index (χ2n) is 7.61. The predicted octanol–water partition coefficient (Wildman–Crippen LogP) is 3.10. The zero-order chi connectivity index (χ0) is 18.1. The largest absolute Gasteiger partial charge is 0.493 e. The van der Waals surface area contributed by atoms with Gasteiger partial charge in [-0.2, -0.15) is 0 Å². The van der Waals surface area contributed by atoms with Gasteiger partial charge in [0.15, 0.2) is 0 Å². The molecular weight excluding hydrogens is 324 g/mol. The minimum atomic E-state index is -0.809. The second-order valence-corrected chi connectivity index (χ2v) is 7.61. The first-order chi connectivity index (χ1) is 12.6. The van der Waals surface area contributed by atoms with Crippen molar-refractivity contribution in [1.29, 1.82) is 0 Å². The van der Waals surface area contributed by atoms with E-state index in [1.165, 1.54) is 16.8 Å². The Morgan fingerprint density at radius 3 is 2.58 bits per heavy atom. The molecule has 1 fully saturated rings. The molecule has 4 rings (SSSR count). The fourth-order valence-electron chi connectivity index (χ4n) is 4.20. The molecule has 0 aromatic heterocycles. The fraction of sp³-hybridized carbons (Fsp3) is 0.455. The molecule has 2 aromatic carbocycles. The molecule has 0 amide bonds. The van der Waals surface area contributed by atoms with Crippen LogP contribution >= 0.6 is 0 Å². The van der Waals surface area contributed by atoms with Crippen molar-refractivity contribution in [2.45, 2.75) is 25.9 Å². The number of nitrogens with zero attached hydrogens (tertiary/aromatic N) is 2. The van der Waals surface area contributed by atoms with Crippen molar-refractivity contribution in [2.75, 3.05) is 44.2 Å². The molecule has 26 heavy (non-hydrogen) atoms. The average Bonchev–Trinajstić information content (AvgIpc) is 2.65. The smallest absolute Gasteiger partial charge is 0.125 e. The van der Waals surface area contributed by atoms with Gasteiger partial charge in [-0.15, -0.1) is 0 Å². The van der Waals surface area contributed by atoms with Gasteiger partial charge in [0, 0.05) is 50.4 Å². The summed E-state index contributed by atoms with van der Waals surface area (Å²) in [5.41, 5.74) is 4.19. The third-order valence-electron chi connectivity index (χ3n) is 5.94. The summed E-state index contributed by atoms with van der Waals surface area (Å²) < 4.78 is 5.72. The molecule has 1 atom stereocenters. The molecule has 138 valence electrons. The lowest BCUT2D eigenvalue weighted by Gasteiger charge is -2.42. The van der Waals surface area contributed by atoms with Gasteiger partial charge in [0.2, 0.25) is 0 Å². The quantitative estimate of drug-likeness (QED) is 0.921. The lowest BCUT2D eigenvalue weighted by molar-refractivity contribution is -0.0328. The number of anilines is 1. The van der Waals surface area contributed by atoms with E-state index in [9.17, 15) is 5.11 Å². The summed E-state index contributed by atoms with van der Waals surface area (Å²) >= 11 is 0. The lowest BCUT2D eigenvalue weighted by atomic mass is 9.87. The van der Waals surface area contributed by atoms with Crippen LogP contribution in [-0.2, 0) is 5.60 Å². The molecule has 1 saturated heterocycles. The molecule has 1 N–H and O–H groups in total. The summed E-state index contributed by atoms with van der Waals surface area (Å²) in [7, 11) is 0. The normalized spacial score (nSPS) is 23.4. The van der Waals surface area contributed by atoms with Crippen LogP contribution in [0.25, 0.3) is 0 Å². The number of aliphatic hydroxyl groups is 1. The molecule has 0 bridgehead atoms. The Hall–Kier alpha value is -2.04. The molecule has 0 radical (unpaired) electrons. The van der Waals surface area contributed by atoms with Crippen molar-refractivity contribution in [1.82, 2.24) is 4.90 Å². The van der Waals surface area contributed by atoms with Crippen molar-refractivity contribution in [3.05, 3.63) is 59.2 Å². The maximum atomic E-state index is 11.3. The third-order valence-corrected chi connectivity index (χ3v) is 5.94. The number of piperazine rings is 1. The van der Waals surface area contributed by atoms with Crippen molar-refractivity contribution in [3.63, 3.8) is 0 Å². The van der Waals surface area contributed by atoms with Crippen LogP contribution in [-0.4, -0.2) is 49.3 Å². The third kappa shape index (κ3) is 3.19. The maximum Gasteiger partial charge on any atom is 0.125 e. The fourth-order valence-corrected chi connectivity index (χ4v) is 4.20. The van der Waals surface area contributed by atoms with Crippen LogP contribution in [0.3, 0.4) is 0 Å². The second kappa shape index (κ2) is 6.93. The minimum absolute atomic E-state index is 0.579. The number of para-hydroxylation sites is 1.